The number of fused-ring (bicyclic) bond motifs is 2. The summed E-state index contributed by atoms with van der Waals surface area (Å²) in [4.78, 5) is 71.6. The van der Waals surface area contributed by atoms with Crippen LogP contribution in [0.2, 0.25) is 0 Å². The van der Waals surface area contributed by atoms with Crippen LogP contribution in [0.5, 0.6) is 0 Å². The predicted octanol–water partition coefficient (Wildman–Crippen LogP) is 7.69. The number of thiazole rings is 2. The highest BCUT2D eigenvalue weighted by atomic mass is 32.1. The number of nitrogens with one attached hydrogen (secondary N) is 5. The summed E-state index contributed by atoms with van der Waals surface area (Å²) >= 11 is 3.04. The van der Waals surface area contributed by atoms with Crippen LogP contribution in [-0.2, 0) is 4.74 Å². The second kappa shape index (κ2) is 20.5. The smallest absolute Gasteiger partial charge is 0.410 e. The number of aromatic amines is 2. The predicted molar refractivity (Wildman–Crippen MR) is 270 cm³/mol. The number of ether oxygens (including phenoxy) is 1. The number of amides is 1. The molecule has 4 aromatic heterocycles. The van der Waals surface area contributed by atoms with Crippen molar-refractivity contribution in [1.29, 1.82) is 0 Å². The standard InChI is InChI=1S/C27H36N6O3S.C22H28N6OS/c1-27(2,3)36-26(35)33-13-7-8-18(16-33)28-23-21(25-29-19-9-5-6-10-20(19)37-25)24(34)31-22(30-23)17-11-14-32(4)15-12-17;1-28-11-8-14(9-12-28)19-26-20(24-15-5-4-10-23-13-15)18(21(29)27-19)22-25-16-6-2-3-7-17(16)30-22/h5-6,9-10,17-18H,7-8,11-16H2,1-4H3,(H2,28,30,31,34);2-3,6-7,14-15,23H,4-5,8-13H2,1H3,(H2,24,26,27,29)/t18-;15-/m11/s1. The number of hydrogen-bond acceptors (Lipinski definition) is 15. The Hall–Kier alpha value is -5.27. The lowest BCUT2D eigenvalue weighted by Gasteiger charge is -2.35. The fraction of sp³-hybridized carbons (Fsp3) is 0.531. The summed E-state index contributed by atoms with van der Waals surface area (Å²) in [6.45, 7) is 12.7. The molecule has 0 saturated carbocycles. The molecular formula is C49H64N12O4S2. The van der Waals surface area contributed by atoms with E-state index in [1.54, 1.807) is 16.2 Å². The number of hydrogen-bond donors (Lipinski definition) is 5. The minimum absolute atomic E-state index is 0.0472. The number of rotatable bonds is 8. The van der Waals surface area contributed by atoms with Gasteiger partial charge in [-0.05, 0) is 143 Å². The van der Waals surface area contributed by atoms with Crippen molar-refractivity contribution in [3.05, 3.63) is 80.9 Å². The van der Waals surface area contributed by atoms with Crippen molar-refractivity contribution in [2.75, 3.05) is 77.1 Å². The van der Waals surface area contributed by atoms with Crippen molar-refractivity contribution < 1.29 is 9.53 Å². The highest BCUT2D eigenvalue weighted by molar-refractivity contribution is 7.22. The first-order valence-electron chi connectivity index (χ1n) is 23.9. The summed E-state index contributed by atoms with van der Waals surface area (Å²) in [7, 11) is 4.26. The van der Waals surface area contributed by atoms with Gasteiger partial charge in [-0.25, -0.2) is 24.7 Å². The maximum atomic E-state index is 13.6. The molecule has 0 bridgehead atoms. The lowest BCUT2D eigenvalue weighted by molar-refractivity contribution is 0.0206. The second-order valence-corrected chi connectivity index (χ2v) is 21.6. The van der Waals surface area contributed by atoms with Crippen LogP contribution in [0.1, 0.15) is 95.6 Å². The highest BCUT2D eigenvalue weighted by Crippen LogP contribution is 2.36. The van der Waals surface area contributed by atoms with Gasteiger partial charge in [0.25, 0.3) is 11.1 Å². The average molecular weight is 949 g/mol. The number of likely N-dealkylation sites (tertiary alicyclic amines) is 3. The van der Waals surface area contributed by atoms with E-state index in [0.29, 0.717) is 46.8 Å². The van der Waals surface area contributed by atoms with E-state index in [2.05, 4.69) is 49.8 Å². The zero-order valence-electron chi connectivity index (χ0n) is 39.3. The normalized spacial score (nSPS) is 20.4. The Kier molecular flexibility index (Phi) is 14.3. The summed E-state index contributed by atoms with van der Waals surface area (Å²) in [5, 5.41) is 11.9. The molecule has 0 aliphatic carbocycles. The lowest BCUT2D eigenvalue weighted by Crippen LogP contribution is -2.47. The zero-order chi connectivity index (χ0) is 46.7. The molecule has 4 saturated heterocycles. The number of aromatic nitrogens is 6. The molecule has 67 heavy (non-hydrogen) atoms. The minimum atomic E-state index is -0.547. The topological polar surface area (TPSA) is 189 Å². The Morgan fingerprint density at radius 1 is 0.672 bits per heavy atom. The van der Waals surface area contributed by atoms with Crippen LogP contribution in [0.25, 0.3) is 41.6 Å². The third kappa shape index (κ3) is 11.4. The average Bonchev–Trinajstić information content (AvgIpc) is 3.94. The van der Waals surface area contributed by atoms with Gasteiger partial charge in [-0.2, -0.15) is 0 Å². The van der Waals surface area contributed by atoms with Crippen molar-refractivity contribution in [2.45, 2.75) is 102 Å². The van der Waals surface area contributed by atoms with E-state index in [1.165, 1.54) is 11.3 Å². The van der Waals surface area contributed by atoms with Gasteiger partial charge in [-0.15, -0.1) is 22.7 Å². The van der Waals surface area contributed by atoms with Gasteiger partial charge in [-0.1, -0.05) is 24.3 Å². The first-order chi connectivity index (χ1) is 32.3. The van der Waals surface area contributed by atoms with E-state index in [4.69, 9.17) is 24.7 Å². The molecule has 356 valence electrons. The van der Waals surface area contributed by atoms with Crippen LogP contribution in [0.3, 0.4) is 0 Å². The monoisotopic (exact) mass is 948 g/mol. The molecule has 4 aliphatic rings. The number of para-hydroxylation sites is 2. The Morgan fingerprint density at radius 3 is 1.64 bits per heavy atom. The van der Waals surface area contributed by atoms with Crippen LogP contribution >= 0.6 is 22.7 Å². The lowest BCUT2D eigenvalue weighted by atomic mass is 9.96. The third-order valence-corrected chi connectivity index (χ3v) is 15.3. The zero-order valence-corrected chi connectivity index (χ0v) is 41.0. The maximum absolute atomic E-state index is 13.6. The van der Waals surface area contributed by atoms with Gasteiger partial charge >= 0.3 is 6.09 Å². The number of carbonyl (C=O) groups is 1. The molecule has 6 aromatic rings. The number of H-pyrrole nitrogens is 2. The van der Waals surface area contributed by atoms with Crippen molar-refractivity contribution in [3.8, 4) is 21.1 Å². The quantitative estimate of drug-likeness (QED) is 0.100. The molecule has 16 nitrogen and oxygen atoms in total. The van der Waals surface area contributed by atoms with Crippen LogP contribution in [0, 0.1) is 0 Å². The molecule has 0 spiro atoms. The molecule has 4 fully saturated rings. The van der Waals surface area contributed by atoms with Gasteiger partial charge in [0.1, 0.15) is 50.0 Å². The van der Waals surface area contributed by atoms with Crippen LogP contribution in [0.15, 0.2) is 58.1 Å². The Labute approximate surface area is 399 Å². The molecule has 5 N–H and O–H groups in total. The number of benzene rings is 2. The second-order valence-electron chi connectivity index (χ2n) is 19.6. The molecule has 2 aromatic carbocycles. The van der Waals surface area contributed by atoms with Crippen LogP contribution in [0.4, 0.5) is 16.4 Å². The van der Waals surface area contributed by atoms with E-state index < -0.39 is 5.60 Å². The van der Waals surface area contributed by atoms with Gasteiger partial charge in [0.15, 0.2) is 0 Å². The van der Waals surface area contributed by atoms with E-state index >= 15 is 0 Å². The first kappa shape index (κ1) is 46.8. The van der Waals surface area contributed by atoms with Gasteiger partial charge < -0.3 is 45.4 Å². The number of piperidine rings is 4. The minimum Gasteiger partial charge on any atom is -0.444 e. The summed E-state index contributed by atoms with van der Waals surface area (Å²) in [6, 6.07) is 16.1. The number of nitrogens with zero attached hydrogens (tertiary/aromatic N) is 7. The molecule has 4 aliphatic heterocycles. The Morgan fingerprint density at radius 2 is 1.16 bits per heavy atom. The molecule has 0 unspecified atom stereocenters. The van der Waals surface area contributed by atoms with Gasteiger partial charge in [0.05, 0.1) is 20.4 Å². The van der Waals surface area contributed by atoms with E-state index in [1.807, 2.05) is 69.3 Å². The Balaban J connectivity index is 0.000000171. The number of anilines is 2. The summed E-state index contributed by atoms with van der Waals surface area (Å²) in [6.07, 6.45) is 7.55. The summed E-state index contributed by atoms with van der Waals surface area (Å²) < 4.78 is 7.71. The molecule has 18 heteroatoms. The molecule has 0 radical (unpaired) electrons. The van der Waals surface area contributed by atoms with E-state index in [0.717, 1.165) is 128 Å². The fourth-order valence-electron chi connectivity index (χ4n) is 9.45. The Bertz CT molecular complexity index is 2710. The fourth-order valence-corrected chi connectivity index (χ4v) is 11.5. The number of carbonyl (C=O) groups excluding carboxylic acids is 1. The SMILES string of the molecule is CN1CCC(c2nc(N[C@@H]3CCCN(C(=O)OC(C)(C)C)C3)c(-c3nc4ccccc4s3)c(=O)[nH]2)CC1.CN1CCC(c2nc(N[C@@H]3CCCNC3)c(-c3nc4ccccc4s3)c(=O)[nH]2)CC1. The van der Waals surface area contributed by atoms with Gasteiger partial charge in [-0.3, -0.25) is 9.59 Å². The van der Waals surface area contributed by atoms with Crippen molar-refractivity contribution >= 4 is 60.8 Å². The van der Waals surface area contributed by atoms with E-state index in [9.17, 15) is 14.4 Å². The molecule has 10 rings (SSSR count). The van der Waals surface area contributed by atoms with Crippen LogP contribution < -0.4 is 27.1 Å². The molecule has 2 atom stereocenters. The highest BCUT2D eigenvalue weighted by Gasteiger charge is 2.31. The van der Waals surface area contributed by atoms with Gasteiger partial charge in [0.2, 0.25) is 0 Å². The molecular weight excluding hydrogens is 885 g/mol. The molecule has 1 amide bonds. The van der Waals surface area contributed by atoms with Crippen molar-refractivity contribution in [1.82, 2.24) is 49.9 Å². The molecule has 8 heterocycles. The van der Waals surface area contributed by atoms with Crippen molar-refractivity contribution in [3.63, 3.8) is 0 Å². The van der Waals surface area contributed by atoms with Gasteiger partial charge in [0, 0.05) is 43.6 Å². The summed E-state index contributed by atoms with van der Waals surface area (Å²) in [5.74, 6) is 3.27. The maximum Gasteiger partial charge on any atom is 0.410 e. The summed E-state index contributed by atoms with van der Waals surface area (Å²) in [5.41, 5.74) is 2.00. The first-order valence-corrected chi connectivity index (χ1v) is 25.6. The largest absolute Gasteiger partial charge is 0.444 e. The van der Waals surface area contributed by atoms with Crippen molar-refractivity contribution in [2.24, 2.45) is 0 Å². The van der Waals surface area contributed by atoms with Crippen LogP contribution in [-0.4, -0.2) is 135 Å². The third-order valence-electron chi connectivity index (χ3n) is 13.2. The van der Waals surface area contributed by atoms with E-state index in [-0.39, 0.29) is 35.2 Å².